The van der Waals surface area contributed by atoms with Crippen molar-refractivity contribution in [3.63, 3.8) is 0 Å². The van der Waals surface area contributed by atoms with E-state index in [-0.39, 0.29) is 17.1 Å². The van der Waals surface area contributed by atoms with Gasteiger partial charge in [0.2, 0.25) is 0 Å². The molecule has 3 aromatic carbocycles. The van der Waals surface area contributed by atoms with E-state index < -0.39 is 38.0 Å². The molecular formula is C31H32F4N2O5S. The van der Waals surface area contributed by atoms with Crippen LogP contribution in [0, 0.1) is 5.82 Å². The van der Waals surface area contributed by atoms with Crippen molar-refractivity contribution >= 4 is 20.7 Å². The molecule has 0 unspecified atom stereocenters. The normalized spacial score (nSPS) is 12.1. The molecule has 4 rings (SSSR count). The molecule has 0 saturated heterocycles. The Hall–Kier alpha value is -3.90. The molecule has 0 fully saturated rings. The minimum absolute atomic E-state index is 0.0362. The van der Waals surface area contributed by atoms with Crippen LogP contribution in [0.5, 0.6) is 23.0 Å². The Morgan fingerprint density at radius 3 is 2.33 bits per heavy atom. The van der Waals surface area contributed by atoms with Gasteiger partial charge in [0.05, 0.1) is 35.4 Å². The van der Waals surface area contributed by atoms with E-state index in [9.17, 15) is 21.6 Å². The van der Waals surface area contributed by atoms with Gasteiger partial charge in [0.25, 0.3) is 0 Å². The maximum Gasteiger partial charge on any atom is 0.417 e. The second-order valence-electron chi connectivity index (χ2n) is 9.68. The summed E-state index contributed by atoms with van der Waals surface area (Å²) in [6, 6.07) is 12.3. The number of hydrogen-bond acceptors (Lipinski definition) is 7. The molecule has 4 aromatic rings. The van der Waals surface area contributed by atoms with Gasteiger partial charge in [-0.05, 0) is 61.5 Å². The van der Waals surface area contributed by atoms with Crippen LogP contribution in [-0.2, 0) is 21.8 Å². The van der Waals surface area contributed by atoms with E-state index in [0.717, 1.165) is 44.3 Å². The molecule has 0 N–H and O–H groups in total. The van der Waals surface area contributed by atoms with Crippen molar-refractivity contribution in [1.82, 2.24) is 9.88 Å². The molecule has 43 heavy (non-hydrogen) atoms. The van der Waals surface area contributed by atoms with Gasteiger partial charge < -0.3 is 19.1 Å². The zero-order chi connectivity index (χ0) is 31.2. The molecule has 0 aliphatic carbocycles. The predicted octanol–water partition coefficient (Wildman–Crippen LogP) is 7.28. The van der Waals surface area contributed by atoms with Gasteiger partial charge in [-0.1, -0.05) is 32.0 Å². The lowest BCUT2D eigenvalue weighted by Gasteiger charge is -2.18. The standard InChI is InChI=1S/C31H32F4N2O5S/c1-4-37(5-2)15-8-16-41-29-19-25-22(18-28(29)40-3)26(13-14-36-25)42-27-12-11-21(17-24(27)32)20-43(38,39)30-10-7-6-9-23(30)31(33,34)35/h6-7,9-14,17-19H,4-5,8,15-16,20H2,1-3H3. The van der Waals surface area contributed by atoms with Crippen LogP contribution in [0.2, 0.25) is 0 Å². The maximum absolute atomic E-state index is 15.1. The average Bonchev–Trinajstić information content (AvgIpc) is 2.97. The Morgan fingerprint density at radius 2 is 1.65 bits per heavy atom. The van der Waals surface area contributed by atoms with E-state index in [2.05, 4.69) is 23.7 Å². The first-order valence-corrected chi connectivity index (χ1v) is 15.3. The van der Waals surface area contributed by atoms with Gasteiger partial charge in [0, 0.05) is 24.2 Å². The lowest BCUT2D eigenvalue weighted by Crippen LogP contribution is -2.25. The Morgan fingerprint density at radius 1 is 0.907 bits per heavy atom. The molecule has 1 heterocycles. The predicted molar refractivity (Wildman–Crippen MR) is 155 cm³/mol. The van der Waals surface area contributed by atoms with Crippen LogP contribution in [0.3, 0.4) is 0 Å². The zero-order valence-electron chi connectivity index (χ0n) is 23.9. The summed E-state index contributed by atoms with van der Waals surface area (Å²) < 4.78 is 98.2. The number of fused-ring (bicyclic) bond motifs is 1. The Labute approximate surface area is 247 Å². The molecule has 0 saturated carbocycles. The molecular weight excluding hydrogens is 588 g/mol. The van der Waals surface area contributed by atoms with Crippen molar-refractivity contribution in [2.24, 2.45) is 0 Å². The van der Waals surface area contributed by atoms with E-state index in [1.165, 1.54) is 37.6 Å². The Kier molecular flexibility index (Phi) is 10.1. The van der Waals surface area contributed by atoms with E-state index >= 15 is 4.39 Å². The summed E-state index contributed by atoms with van der Waals surface area (Å²) in [5, 5.41) is 0.518. The van der Waals surface area contributed by atoms with Crippen molar-refractivity contribution in [3.8, 4) is 23.0 Å². The van der Waals surface area contributed by atoms with Crippen molar-refractivity contribution < 1.29 is 40.2 Å². The van der Waals surface area contributed by atoms with Gasteiger partial charge in [0.1, 0.15) is 5.75 Å². The largest absolute Gasteiger partial charge is 0.493 e. The number of hydrogen-bond donors (Lipinski definition) is 0. The highest BCUT2D eigenvalue weighted by Crippen LogP contribution is 2.38. The van der Waals surface area contributed by atoms with Crippen molar-refractivity contribution in [1.29, 1.82) is 0 Å². The fourth-order valence-electron chi connectivity index (χ4n) is 4.60. The molecule has 0 aliphatic rings. The highest BCUT2D eigenvalue weighted by atomic mass is 32.2. The molecule has 7 nitrogen and oxygen atoms in total. The second-order valence-corrected chi connectivity index (χ2v) is 11.6. The molecule has 0 aliphatic heterocycles. The third-order valence-corrected chi connectivity index (χ3v) is 8.60. The zero-order valence-corrected chi connectivity index (χ0v) is 24.8. The third kappa shape index (κ3) is 7.74. The van der Waals surface area contributed by atoms with Crippen molar-refractivity contribution in [2.45, 2.75) is 37.1 Å². The summed E-state index contributed by atoms with van der Waals surface area (Å²) in [7, 11) is -2.94. The van der Waals surface area contributed by atoms with E-state index in [4.69, 9.17) is 14.2 Å². The summed E-state index contributed by atoms with van der Waals surface area (Å²) >= 11 is 0. The minimum atomic E-state index is -4.86. The number of aromatic nitrogens is 1. The quantitative estimate of drug-likeness (QED) is 0.115. The summed E-state index contributed by atoms with van der Waals surface area (Å²) in [5.74, 6) is -0.724. The van der Waals surface area contributed by atoms with Crippen LogP contribution in [0.25, 0.3) is 10.9 Å². The van der Waals surface area contributed by atoms with Crippen LogP contribution in [-0.4, -0.2) is 51.7 Å². The monoisotopic (exact) mass is 620 g/mol. The molecule has 0 spiro atoms. The maximum atomic E-state index is 15.1. The Balaban J connectivity index is 1.53. The summed E-state index contributed by atoms with van der Waals surface area (Å²) in [5.41, 5.74) is -0.794. The second kappa shape index (κ2) is 13.6. The number of rotatable bonds is 13. The number of ether oxygens (including phenoxy) is 3. The first-order chi connectivity index (χ1) is 20.5. The van der Waals surface area contributed by atoms with E-state index in [1.807, 2.05) is 0 Å². The number of benzene rings is 3. The minimum Gasteiger partial charge on any atom is -0.493 e. The lowest BCUT2D eigenvalue weighted by molar-refractivity contribution is -0.139. The van der Waals surface area contributed by atoms with Gasteiger partial charge >= 0.3 is 6.18 Å². The number of methoxy groups -OCH3 is 1. The molecule has 12 heteroatoms. The van der Waals surface area contributed by atoms with Gasteiger partial charge in [-0.25, -0.2) is 12.8 Å². The SMILES string of the molecule is CCN(CC)CCCOc1cc2nccc(Oc3ccc(CS(=O)(=O)c4ccccc4C(F)(F)F)cc3F)c2cc1OC. The summed E-state index contributed by atoms with van der Waals surface area (Å²) in [4.78, 5) is 5.80. The fraction of sp³-hybridized carbons (Fsp3) is 0.323. The smallest absolute Gasteiger partial charge is 0.417 e. The van der Waals surface area contributed by atoms with E-state index in [1.54, 1.807) is 12.1 Å². The van der Waals surface area contributed by atoms with Gasteiger partial charge in [-0.2, -0.15) is 13.2 Å². The number of alkyl halides is 3. The van der Waals surface area contributed by atoms with Crippen LogP contribution < -0.4 is 14.2 Å². The van der Waals surface area contributed by atoms with Crippen LogP contribution in [0.4, 0.5) is 17.6 Å². The van der Waals surface area contributed by atoms with Crippen molar-refractivity contribution in [3.05, 3.63) is 83.8 Å². The van der Waals surface area contributed by atoms with E-state index in [0.29, 0.717) is 35.1 Å². The summed E-state index contributed by atoms with van der Waals surface area (Å²) in [6.45, 7) is 7.51. The Bertz CT molecular complexity index is 1680. The highest BCUT2D eigenvalue weighted by molar-refractivity contribution is 7.90. The molecule has 0 atom stereocenters. The van der Waals surface area contributed by atoms with Crippen molar-refractivity contribution in [2.75, 3.05) is 33.4 Å². The van der Waals surface area contributed by atoms with Gasteiger partial charge in [-0.15, -0.1) is 0 Å². The number of sulfone groups is 1. The topological polar surface area (TPSA) is 78.0 Å². The molecule has 230 valence electrons. The number of nitrogens with zero attached hydrogens (tertiary/aromatic N) is 2. The number of pyridine rings is 1. The first kappa shape index (κ1) is 32.0. The third-order valence-electron chi connectivity index (χ3n) is 6.86. The number of halogens is 4. The van der Waals surface area contributed by atoms with Crippen LogP contribution >= 0.6 is 0 Å². The molecule has 0 radical (unpaired) electrons. The summed E-state index contributed by atoms with van der Waals surface area (Å²) in [6.07, 6.45) is -2.54. The van der Waals surface area contributed by atoms with Gasteiger partial charge in [-0.3, -0.25) is 4.98 Å². The fourth-order valence-corrected chi connectivity index (χ4v) is 6.18. The molecule has 1 aromatic heterocycles. The highest BCUT2D eigenvalue weighted by Gasteiger charge is 2.36. The first-order valence-electron chi connectivity index (χ1n) is 13.6. The lowest BCUT2D eigenvalue weighted by atomic mass is 10.1. The molecule has 0 bridgehead atoms. The van der Waals surface area contributed by atoms with Crippen LogP contribution in [0.15, 0.2) is 71.8 Å². The van der Waals surface area contributed by atoms with Crippen LogP contribution in [0.1, 0.15) is 31.4 Å². The average molecular weight is 621 g/mol. The van der Waals surface area contributed by atoms with Gasteiger partial charge in [0.15, 0.2) is 32.9 Å². The molecule has 0 amide bonds.